The largest absolute Gasteiger partial charge is 0.389 e. The molecule has 0 N–H and O–H groups in total. The Morgan fingerprint density at radius 2 is 2.42 bits per heavy atom. The Bertz CT molecular complexity index is 471. The van der Waals surface area contributed by atoms with E-state index in [9.17, 15) is 14.9 Å². The Kier molecular flexibility index (Phi) is 4.13. The lowest BCUT2D eigenvalue weighted by atomic mass is 10.00. The van der Waals surface area contributed by atoms with Crippen molar-refractivity contribution < 1.29 is 9.72 Å². The van der Waals surface area contributed by atoms with Gasteiger partial charge in [0.25, 0.3) is 0 Å². The molecular formula is C12H18N4O3. The minimum Gasteiger partial charge on any atom is -0.358 e. The predicted molar refractivity (Wildman–Crippen MR) is 68.5 cm³/mol. The molecule has 1 aliphatic rings. The van der Waals surface area contributed by atoms with Crippen molar-refractivity contribution in [2.45, 2.75) is 32.7 Å². The third-order valence-electron chi connectivity index (χ3n) is 3.38. The Hall–Kier alpha value is -1.92. The maximum absolute atomic E-state index is 12.0. The topological polar surface area (TPSA) is 81.3 Å². The van der Waals surface area contributed by atoms with Crippen LogP contribution in [0.3, 0.4) is 0 Å². The third kappa shape index (κ3) is 3.52. The van der Waals surface area contributed by atoms with Gasteiger partial charge in [-0.1, -0.05) is 6.92 Å². The molecule has 1 saturated heterocycles. The quantitative estimate of drug-likeness (QED) is 0.610. The number of rotatable bonds is 4. The minimum absolute atomic E-state index is 0.102. The Morgan fingerprint density at radius 3 is 3.05 bits per heavy atom. The van der Waals surface area contributed by atoms with Crippen molar-refractivity contribution in [2.75, 3.05) is 13.1 Å². The smallest absolute Gasteiger partial charge is 0.358 e. The van der Waals surface area contributed by atoms with E-state index in [0.717, 1.165) is 19.5 Å². The molecule has 0 aromatic carbocycles. The summed E-state index contributed by atoms with van der Waals surface area (Å²) in [5.41, 5.74) is 0. The van der Waals surface area contributed by atoms with E-state index in [1.807, 2.05) is 4.90 Å². The molecule has 0 aliphatic carbocycles. The van der Waals surface area contributed by atoms with E-state index in [1.54, 1.807) is 0 Å². The first kappa shape index (κ1) is 13.5. The summed E-state index contributed by atoms with van der Waals surface area (Å²) in [4.78, 5) is 23.8. The molecular weight excluding hydrogens is 248 g/mol. The Balaban J connectivity index is 1.84. The average Bonchev–Trinajstić information content (AvgIpc) is 2.85. The van der Waals surface area contributed by atoms with Gasteiger partial charge in [0.2, 0.25) is 5.91 Å². The summed E-state index contributed by atoms with van der Waals surface area (Å²) in [6.07, 6.45) is 4.10. The Morgan fingerprint density at radius 1 is 1.63 bits per heavy atom. The summed E-state index contributed by atoms with van der Waals surface area (Å²) in [5.74, 6) is 0.479. The van der Waals surface area contributed by atoms with E-state index in [2.05, 4.69) is 12.0 Å². The van der Waals surface area contributed by atoms with Crippen molar-refractivity contribution in [2.24, 2.45) is 5.92 Å². The maximum atomic E-state index is 12.0. The van der Waals surface area contributed by atoms with E-state index in [-0.39, 0.29) is 11.7 Å². The number of carbonyl (C=O) groups is 1. The minimum atomic E-state index is -0.537. The zero-order valence-corrected chi connectivity index (χ0v) is 11.0. The van der Waals surface area contributed by atoms with Gasteiger partial charge in [0.1, 0.15) is 0 Å². The zero-order chi connectivity index (χ0) is 13.8. The number of likely N-dealkylation sites (tertiary alicyclic amines) is 1. The molecule has 1 atom stereocenters. The highest BCUT2D eigenvalue weighted by atomic mass is 16.6. The molecule has 1 aromatic heterocycles. The Labute approximate surface area is 111 Å². The molecule has 2 heterocycles. The van der Waals surface area contributed by atoms with Crippen molar-refractivity contribution in [1.82, 2.24) is 14.7 Å². The normalized spacial score (nSPS) is 19.4. The molecule has 1 unspecified atom stereocenters. The van der Waals surface area contributed by atoms with E-state index < -0.39 is 4.92 Å². The zero-order valence-electron chi connectivity index (χ0n) is 11.0. The van der Waals surface area contributed by atoms with Gasteiger partial charge < -0.3 is 15.0 Å². The molecule has 7 nitrogen and oxygen atoms in total. The van der Waals surface area contributed by atoms with Gasteiger partial charge in [-0.05, 0) is 23.7 Å². The van der Waals surface area contributed by atoms with Crippen LogP contribution < -0.4 is 0 Å². The van der Waals surface area contributed by atoms with Gasteiger partial charge in [0.15, 0.2) is 0 Å². The number of amides is 1. The second-order valence-corrected chi connectivity index (χ2v) is 5.03. The summed E-state index contributed by atoms with van der Waals surface area (Å²) in [5, 5.41) is 14.3. The van der Waals surface area contributed by atoms with Crippen molar-refractivity contribution in [3.63, 3.8) is 0 Å². The van der Waals surface area contributed by atoms with Gasteiger partial charge in [-0.25, -0.2) is 0 Å². The highest BCUT2D eigenvalue weighted by Gasteiger charge is 2.21. The summed E-state index contributed by atoms with van der Waals surface area (Å²) < 4.78 is 1.45. The maximum Gasteiger partial charge on any atom is 0.389 e. The number of nitrogens with zero attached hydrogens (tertiary/aromatic N) is 4. The van der Waals surface area contributed by atoms with E-state index in [1.165, 1.54) is 23.4 Å². The predicted octanol–water partition coefficient (Wildman–Crippen LogP) is 1.44. The third-order valence-corrected chi connectivity index (χ3v) is 3.38. The van der Waals surface area contributed by atoms with Gasteiger partial charge in [-0.2, -0.15) is 4.68 Å². The van der Waals surface area contributed by atoms with Crippen LogP contribution in [0.15, 0.2) is 12.3 Å². The lowest BCUT2D eigenvalue weighted by Gasteiger charge is -2.30. The van der Waals surface area contributed by atoms with Crippen molar-refractivity contribution >= 4 is 11.7 Å². The van der Waals surface area contributed by atoms with Crippen LogP contribution in [0.2, 0.25) is 0 Å². The first-order valence-electron chi connectivity index (χ1n) is 6.52. The summed E-state index contributed by atoms with van der Waals surface area (Å²) >= 11 is 0. The number of carbonyl (C=O) groups excluding carboxylic acids is 1. The molecule has 104 valence electrons. The van der Waals surface area contributed by atoms with Gasteiger partial charge in [-0.15, -0.1) is 0 Å². The molecule has 1 amide bonds. The van der Waals surface area contributed by atoms with Crippen LogP contribution in [0.5, 0.6) is 0 Å². The van der Waals surface area contributed by atoms with E-state index in [4.69, 9.17) is 0 Å². The average molecular weight is 266 g/mol. The van der Waals surface area contributed by atoms with Crippen molar-refractivity contribution in [3.05, 3.63) is 22.4 Å². The fourth-order valence-corrected chi connectivity index (χ4v) is 2.36. The molecule has 1 fully saturated rings. The van der Waals surface area contributed by atoms with Crippen LogP contribution >= 0.6 is 0 Å². The number of aryl methyl sites for hydroxylation is 1. The lowest BCUT2D eigenvalue weighted by Crippen LogP contribution is -2.39. The molecule has 19 heavy (non-hydrogen) atoms. The number of nitro groups is 1. The number of aromatic nitrogens is 2. The van der Waals surface area contributed by atoms with Gasteiger partial charge in [0.05, 0.1) is 23.9 Å². The second-order valence-electron chi connectivity index (χ2n) is 5.03. The summed E-state index contributed by atoms with van der Waals surface area (Å²) in [6.45, 7) is 4.17. The highest BCUT2D eigenvalue weighted by molar-refractivity contribution is 5.76. The second kappa shape index (κ2) is 5.81. The number of hydrogen-bond acceptors (Lipinski definition) is 4. The lowest BCUT2D eigenvalue weighted by molar-refractivity contribution is -0.389. The van der Waals surface area contributed by atoms with Gasteiger partial charge in [0, 0.05) is 19.5 Å². The van der Waals surface area contributed by atoms with Gasteiger partial charge in [-0.3, -0.25) is 4.79 Å². The van der Waals surface area contributed by atoms with Crippen LogP contribution in [0.4, 0.5) is 5.82 Å². The van der Waals surface area contributed by atoms with E-state index >= 15 is 0 Å². The fraction of sp³-hybridized carbons (Fsp3) is 0.667. The highest BCUT2D eigenvalue weighted by Crippen LogP contribution is 2.16. The molecule has 0 saturated carbocycles. The SMILES string of the molecule is CC1CCCN(C(=O)CCn2ccc([N+](=O)[O-])n2)C1. The molecule has 7 heteroatoms. The van der Waals surface area contributed by atoms with Crippen LogP contribution in [-0.4, -0.2) is 38.6 Å². The number of piperidine rings is 1. The summed E-state index contributed by atoms with van der Waals surface area (Å²) in [6, 6.07) is 1.34. The first-order valence-corrected chi connectivity index (χ1v) is 6.52. The first-order chi connectivity index (χ1) is 9.06. The molecule has 0 bridgehead atoms. The monoisotopic (exact) mass is 266 g/mol. The fourth-order valence-electron chi connectivity index (χ4n) is 2.36. The molecule has 2 rings (SSSR count). The van der Waals surface area contributed by atoms with Crippen molar-refractivity contribution in [3.8, 4) is 0 Å². The molecule has 0 spiro atoms. The molecule has 1 aromatic rings. The molecule has 1 aliphatic heterocycles. The van der Waals surface area contributed by atoms with Crippen LogP contribution in [0, 0.1) is 16.0 Å². The number of hydrogen-bond donors (Lipinski definition) is 0. The van der Waals surface area contributed by atoms with Crippen molar-refractivity contribution in [1.29, 1.82) is 0 Å². The van der Waals surface area contributed by atoms with Gasteiger partial charge >= 0.3 is 5.82 Å². The van der Waals surface area contributed by atoms with Crippen LogP contribution in [0.25, 0.3) is 0 Å². The van der Waals surface area contributed by atoms with E-state index in [0.29, 0.717) is 18.9 Å². The molecule has 0 radical (unpaired) electrons. The standard InChI is InChI=1S/C12H18N4O3/c1-10-3-2-6-14(9-10)12(17)5-8-15-7-4-11(13-15)16(18)19/h4,7,10H,2-3,5-6,8-9H2,1H3. The van der Waals surface area contributed by atoms with Crippen LogP contribution in [0.1, 0.15) is 26.2 Å². The summed E-state index contributed by atoms with van der Waals surface area (Å²) in [7, 11) is 0. The van der Waals surface area contributed by atoms with Crippen LogP contribution in [-0.2, 0) is 11.3 Å².